The van der Waals surface area contributed by atoms with Gasteiger partial charge in [-0.25, -0.2) is 0 Å². The minimum Gasteiger partial charge on any atom is -0.355 e. The molecule has 2 N–H and O–H groups in total. The van der Waals surface area contributed by atoms with Crippen molar-refractivity contribution in [2.45, 2.75) is 18.8 Å². The maximum atomic E-state index is 12.0. The van der Waals surface area contributed by atoms with Gasteiger partial charge in [0.2, 0.25) is 11.8 Å². The molecule has 2 rings (SSSR count). The molecule has 1 saturated carbocycles. The van der Waals surface area contributed by atoms with Gasteiger partial charge >= 0.3 is 0 Å². The molecule has 0 unspecified atom stereocenters. The molecule has 4 nitrogen and oxygen atoms in total. The molecule has 1 aliphatic rings. The first-order chi connectivity index (χ1) is 10.1. The second kappa shape index (κ2) is 7.14. The molecule has 0 spiro atoms. The van der Waals surface area contributed by atoms with E-state index in [1.54, 1.807) is 0 Å². The molecule has 1 aliphatic carbocycles. The molecule has 1 aromatic rings. The van der Waals surface area contributed by atoms with Crippen LogP contribution in [0.1, 0.15) is 24.3 Å². The van der Waals surface area contributed by atoms with Crippen LogP contribution in [0.2, 0.25) is 5.02 Å². The van der Waals surface area contributed by atoms with Crippen molar-refractivity contribution in [2.24, 2.45) is 5.92 Å². The maximum absolute atomic E-state index is 12.0. The number of benzene rings is 1. The number of hydrogen-bond donors (Lipinski definition) is 2. The number of nitrogens with one attached hydrogen (secondary N) is 2. The molecular weight excluding hydrogens is 288 g/mol. The van der Waals surface area contributed by atoms with Crippen LogP contribution >= 0.6 is 11.6 Å². The van der Waals surface area contributed by atoms with Crippen LogP contribution in [0.15, 0.2) is 24.3 Å². The van der Waals surface area contributed by atoms with E-state index in [1.807, 2.05) is 24.3 Å². The molecule has 0 radical (unpaired) electrons. The van der Waals surface area contributed by atoms with E-state index in [0.29, 0.717) is 11.6 Å². The Morgan fingerprint density at radius 2 is 2.00 bits per heavy atom. The standard InChI is InChI=1S/C16H17ClN2O2/c1-2-8-18-15(20)7-9-19-16(21)14-10-13(14)11-3-5-12(17)6-4-11/h1,3-6,13-14H,7-10H2,(H,18,20)(H,19,21)/t13-,14+/m1/s1. The molecule has 5 heteroatoms. The van der Waals surface area contributed by atoms with E-state index >= 15 is 0 Å². The van der Waals surface area contributed by atoms with Crippen molar-refractivity contribution in [3.05, 3.63) is 34.9 Å². The molecule has 2 amide bonds. The second-order valence-electron chi connectivity index (χ2n) is 5.02. The molecule has 2 atom stereocenters. The molecule has 0 aliphatic heterocycles. The Kier molecular flexibility index (Phi) is 5.24. The zero-order valence-corrected chi connectivity index (χ0v) is 12.3. The monoisotopic (exact) mass is 304 g/mol. The van der Waals surface area contributed by atoms with Crippen molar-refractivity contribution in [3.63, 3.8) is 0 Å². The minimum absolute atomic E-state index is 0.0000507. The Morgan fingerprint density at radius 3 is 2.67 bits per heavy atom. The van der Waals surface area contributed by atoms with E-state index in [2.05, 4.69) is 16.6 Å². The number of carbonyl (C=O) groups is 2. The summed E-state index contributed by atoms with van der Waals surface area (Å²) in [5.74, 6) is 2.43. The normalized spacial score (nSPS) is 19.4. The van der Waals surface area contributed by atoms with Gasteiger partial charge in [-0.05, 0) is 30.0 Å². The number of amides is 2. The zero-order valence-electron chi connectivity index (χ0n) is 11.6. The second-order valence-corrected chi connectivity index (χ2v) is 5.46. The van der Waals surface area contributed by atoms with Crippen LogP contribution in [-0.4, -0.2) is 24.9 Å². The Labute approximate surface area is 129 Å². The molecule has 0 bridgehead atoms. The Morgan fingerprint density at radius 1 is 1.29 bits per heavy atom. The smallest absolute Gasteiger partial charge is 0.223 e. The SMILES string of the molecule is C#CCNC(=O)CCNC(=O)[C@H]1C[C@@H]1c1ccc(Cl)cc1. The van der Waals surface area contributed by atoms with Gasteiger partial charge in [0, 0.05) is 23.9 Å². The summed E-state index contributed by atoms with van der Waals surface area (Å²) >= 11 is 5.84. The zero-order chi connectivity index (χ0) is 15.2. The van der Waals surface area contributed by atoms with E-state index in [4.69, 9.17) is 18.0 Å². The highest BCUT2D eigenvalue weighted by molar-refractivity contribution is 6.30. The summed E-state index contributed by atoms with van der Waals surface area (Å²) in [6, 6.07) is 7.57. The number of rotatable bonds is 6. The first kappa shape index (κ1) is 15.4. The highest BCUT2D eigenvalue weighted by Gasteiger charge is 2.43. The highest BCUT2D eigenvalue weighted by Crippen LogP contribution is 2.47. The van der Waals surface area contributed by atoms with Crippen molar-refractivity contribution >= 4 is 23.4 Å². The van der Waals surface area contributed by atoms with Crippen molar-refractivity contribution < 1.29 is 9.59 Å². The summed E-state index contributed by atoms with van der Waals surface area (Å²) in [4.78, 5) is 23.3. The lowest BCUT2D eigenvalue weighted by atomic mass is 10.1. The average molecular weight is 305 g/mol. The first-order valence-electron chi connectivity index (χ1n) is 6.85. The van der Waals surface area contributed by atoms with E-state index in [9.17, 15) is 9.59 Å². The van der Waals surface area contributed by atoms with Crippen LogP contribution in [0, 0.1) is 18.3 Å². The summed E-state index contributed by atoms with van der Waals surface area (Å²) in [6.45, 7) is 0.549. The highest BCUT2D eigenvalue weighted by atomic mass is 35.5. The van der Waals surface area contributed by atoms with E-state index < -0.39 is 0 Å². The van der Waals surface area contributed by atoms with Crippen LogP contribution in [0.25, 0.3) is 0 Å². The van der Waals surface area contributed by atoms with E-state index in [1.165, 1.54) is 0 Å². The van der Waals surface area contributed by atoms with Crippen molar-refractivity contribution in [2.75, 3.05) is 13.1 Å². The predicted molar refractivity (Wildman–Crippen MR) is 81.8 cm³/mol. The molecule has 110 valence electrons. The molecule has 21 heavy (non-hydrogen) atoms. The minimum atomic E-state index is -0.154. The van der Waals surface area contributed by atoms with Gasteiger partial charge in [-0.15, -0.1) is 6.42 Å². The van der Waals surface area contributed by atoms with Crippen LogP contribution in [0.4, 0.5) is 0 Å². The first-order valence-corrected chi connectivity index (χ1v) is 7.23. The van der Waals surface area contributed by atoms with Crippen molar-refractivity contribution in [3.8, 4) is 12.3 Å². The Bertz CT molecular complexity index is 563. The maximum Gasteiger partial charge on any atom is 0.223 e. The average Bonchev–Trinajstić information content (AvgIpc) is 3.26. The molecule has 0 heterocycles. The summed E-state index contributed by atoms with van der Waals surface area (Å²) in [6.07, 6.45) is 6.12. The van der Waals surface area contributed by atoms with Crippen LogP contribution in [0.3, 0.4) is 0 Å². The Balaban J connectivity index is 1.70. The molecule has 0 aromatic heterocycles. The molecule has 1 fully saturated rings. The molecular formula is C16H17ClN2O2. The lowest BCUT2D eigenvalue weighted by Gasteiger charge is -2.05. The van der Waals surface area contributed by atoms with Crippen LogP contribution < -0.4 is 10.6 Å². The van der Waals surface area contributed by atoms with Gasteiger partial charge in [-0.2, -0.15) is 0 Å². The van der Waals surface area contributed by atoms with Crippen molar-refractivity contribution in [1.82, 2.24) is 10.6 Å². The number of halogens is 1. The Hall–Kier alpha value is -1.99. The number of carbonyl (C=O) groups excluding carboxylic acids is 2. The van der Waals surface area contributed by atoms with Gasteiger partial charge in [0.15, 0.2) is 0 Å². The van der Waals surface area contributed by atoms with E-state index in [0.717, 1.165) is 12.0 Å². The lowest BCUT2D eigenvalue weighted by molar-refractivity contribution is -0.123. The van der Waals surface area contributed by atoms with Crippen LogP contribution in [-0.2, 0) is 9.59 Å². The lowest BCUT2D eigenvalue weighted by Crippen LogP contribution is -2.31. The van der Waals surface area contributed by atoms with Gasteiger partial charge in [-0.1, -0.05) is 29.7 Å². The summed E-state index contributed by atoms with van der Waals surface area (Å²) < 4.78 is 0. The summed E-state index contributed by atoms with van der Waals surface area (Å²) in [5, 5.41) is 6.03. The topological polar surface area (TPSA) is 58.2 Å². The third-order valence-corrected chi connectivity index (χ3v) is 3.72. The number of hydrogen-bond acceptors (Lipinski definition) is 2. The van der Waals surface area contributed by atoms with Gasteiger partial charge in [0.05, 0.1) is 6.54 Å². The fourth-order valence-corrected chi connectivity index (χ4v) is 2.36. The summed E-state index contributed by atoms with van der Waals surface area (Å²) in [7, 11) is 0. The number of terminal acetylenes is 1. The summed E-state index contributed by atoms with van der Waals surface area (Å²) in [5.41, 5.74) is 1.13. The van der Waals surface area contributed by atoms with Gasteiger partial charge in [0.1, 0.15) is 0 Å². The fourth-order valence-electron chi connectivity index (χ4n) is 2.23. The predicted octanol–water partition coefficient (Wildman–Crippen LogP) is 1.70. The van der Waals surface area contributed by atoms with Gasteiger partial charge in [-0.3, -0.25) is 9.59 Å². The fraction of sp³-hybridized carbons (Fsp3) is 0.375. The quantitative estimate of drug-likeness (QED) is 0.786. The van der Waals surface area contributed by atoms with E-state index in [-0.39, 0.29) is 36.6 Å². The third-order valence-electron chi connectivity index (χ3n) is 3.46. The van der Waals surface area contributed by atoms with Gasteiger partial charge in [0.25, 0.3) is 0 Å². The largest absolute Gasteiger partial charge is 0.355 e. The van der Waals surface area contributed by atoms with Crippen LogP contribution in [0.5, 0.6) is 0 Å². The van der Waals surface area contributed by atoms with Crippen molar-refractivity contribution in [1.29, 1.82) is 0 Å². The van der Waals surface area contributed by atoms with Gasteiger partial charge < -0.3 is 10.6 Å². The third kappa shape index (κ3) is 4.51. The molecule has 0 saturated heterocycles. The molecule has 1 aromatic carbocycles.